The minimum atomic E-state index is -0.0497. The van der Waals surface area contributed by atoms with Gasteiger partial charge in [0.05, 0.1) is 0 Å². The van der Waals surface area contributed by atoms with Crippen molar-refractivity contribution in [2.75, 3.05) is 13.2 Å². The molecule has 0 saturated carbocycles. The summed E-state index contributed by atoms with van der Waals surface area (Å²) in [7, 11) is 0. The van der Waals surface area contributed by atoms with Gasteiger partial charge in [-0.15, -0.1) is 0 Å². The first-order valence-corrected chi connectivity index (χ1v) is 7.37. The summed E-state index contributed by atoms with van der Waals surface area (Å²) in [5, 5.41) is 12.1. The van der Waals surface area contributed by atoms with E-state index in [0.717, 1.165) is 19.3 Å². The van der Waals surface area contributed by atoms with Gasteiger partial charge in [-0.1, -0.05) is 38.1 Å². The van der Waals surface area contributed by atoms with Crippen LogP contribution in [0, 0.1) is 12.3 Å². The number of aliphatic hydroxyl groups is 1. The Kier molecular flexibility index (Phi) is 6.73. The van der Waals surface area contributed by atoms with Gasteiger partial charge in [-0.2, -0.15) is 0 Å². The van der Waals surface area contributed by atoms with Crippen LogP contribution in [0.25, 0.3) is 0 Å². The highest BCUT2D eigenvalue weighted by Crippen LogP contribution is 2.20. The van der Waals surface area contributed by atoms with Crippen molar-refractivity contribution >= 4 is 5.91 Å². The van der Waals surface area contributed by atoms with E-state index in [4.69, 9.17) is 5.11 Å². The van der Waals surface area contributed by atoms with E-state index in [2.05, 4.69) is 24.4 Å². The number of aliphatic hydroxyl groups excluding tert-OH is 1. The zero-order chi connectivity index (χ0) is 15.0. The zero-order valence-electron chi connectivity index (χ0n) is 12.9. The van der Waals surface area contributed by atoms with Gasteiger partial charge < -0.3 is 10.4 Å². The van der Waals surface area contributed by atoms with Crippen LogP contribution in [0.2, 0.25) is 0 Å². The molecule has 0 bridgehead atoms. The Labute approximate surface area is 122 Å². The van der Waals surface area contributed by atoms with Crippen LogP contribution >= 0.6 is 0 Å². The molecule has 0 aliphatic rings. The van der Waals surface area contributed by atoms with Gasteiger partial charge in [0, 0.05) is 19.6 Å². The van der Waals surface area contributed by atoms with E-state index in [1.807, 2.05) is 26.0 Å². The van der Waals surface area contributed by atoms with Gasteiger partial charge in [0.2, 0.25) is 5.91 Å². The third-order valence-electron chi connectivity index (χ3n) is 3.66. The first kappa shape index (κ1) is 16.7. The molecule has 0 spiro atoms. The van der Waals surface area contributed by atoms with Crippen LogP contribution in [0.4, 0.5) is 0 Å². The molecule has 1 aromatic rings. The van der Waals surface area contributed by atoms with Crippen molar-refractivity contribution in [3.63, 3.8) is 0 Å². The van der Waals surface area contributed by atoms with E-state index >= 15 is 0 Å². The van der Waals surface area contributed by atoms with Crippen molar-refractivity contribution in [3.8, 4) is 0 Å². The number of benzene rings is 1. The molecule has 1 amide bonds. The lowest BCUT2D eigenvalue weighted by Gasteiger charge is -2.21. The molecule has 3 heteroatoms. The fourth-order valence-electron chi connectivity index (χ4n) is 2.10. The van der Waals surface area contributed by atoms with Crippen LogP contribution in [0.15, 0.2) is 24.3 Å². The normalized spacial score (nSPS) is 11.4. The highest BCUT2D eigenvalue weighted by molar-refractivity contribution is 5.76. The number of aryl methyl sites for hydroxylation is 2. The molecule has 1 rings (SSSR count). The van der Waals surface area contributed by atoms with Crippen LogP contribution in [0.5, 0.6) is 0 Å². The largest absolute Gasteiger partial charge is 0.396 e. The van der Waals surface area contributed by atoms with Gasteiger partial charge in [0.1, 0.15) is 0 Å². The number of nitrogens with one attached hydrogen (secondary N) is 1. The summed E-state index contributed by atoms with van der Waals surface area (Å²) in [6.07, 6.45) is 3.15. The molecule has 0 saturated heterocycles. The quantitative estimate of drug-likeness (QED) is 0.718. The number of amides is 1. The van der Waals surface area contributed by atoms with Crippen molar-refractivity contribution in [1.82, 2.24) is 5.32 Å². The van der Waals surface area contributed by atoms with Crippen LogP contribution in [0.3, 0.4) is 0 Å². The van der Waals surface area contributed by atoms with Gasteiger partial charge in [-0.05, 0) is 42.7 Å². The Morgan fingerprint density at radius 2 is 2.00 bits per heavy atom. The molecule has 20 heavy (non-hydrogen) atoms. The molecule has 0 unspecified atom stereocenters. The minimum Gasteiger partial charge on any atom is -0.396 e. The molecular formula is C17H27NO2. The van der Waals surface area contributed by atoms with Gasteiger partial charge in [0.15, 0.2) is 0 Å². The van der Waals surface area contributed by atoms with Crippen LogP contribution in [-0.4, -0.2) is 24.2 Å². The summed E-state index contributed by atoms with van der Waals surface area (Å²) in [5.41, 5.74) is 2.43. The van der Waals surface area contributed by atoms with Crippen LogP contribution < -0.4 is 5.32 Å². The standard InChI is InChI=1S/C17H27NO2/c1-14-7-4-5-8-15(14)9-10-16(20)18-12-6-11-17(2,3)13-19/h4-5,7-8,19H,6,9-13H2,1-3H3,(H,18,20). The number of hydrogen-bond acceptors (Lipinski definition) is 2. The number of hydrogen-bond donors (Lipinski definition) is 2. The second-order valence-corrected chi connectivity index (χ2v) is 6.20. The molecule has 0 heterocycles. The molecule has 2 N–H and O–H groups in total. The fraction of sp³-hybridized carbons (Fsp3) is 0.588. The summed E-state index contributed by atoms with van der Waals surface area (Å²) in [5.74, 6) is 0.107. The number of carbonyl (C=O) groups is 1. The smallest absolute Gasteiger partial charge is 0.220 e. The zero-order valence-corrected chi connectivity index (χ0v) is 12.9. The lowest BCUT2D eigenvalue weighted by molar-refractivity contribution is -0.121. The van der Waals surface area contributed by atoms with E-state index in [9.17, 15) is 4.79 Å². The Morgan fingerprint density at radius 1 is 1.30 bits per heavy atom. The van der Waals surface area contributed by atoms with Crippen molar-refractivity contribution in [1.29, 1.82) is 0 Å². The van der Waals surface area contributed by atoms with Gasteiger partial charge >= 0.3 is 0 Å². The average molecular weight is 277 g/mol. The van der Waals surface area contributed by atoms with Gasteiger partial charge in [-0.3, -0.25) is 4.79 Å². The Hall–Kier alpha value is -1.35. The van der Waals surface area contributed by atoms with E-state index in [1.54, 1.807) is 0 Å². The predicted octanol–water partition coefficient (Wildman–Crippen LogP) is 2.84. The highest BCUT2D eigenvalue weighted by atomic mass is 16.3. The van der Waals surface area contributed by atoms with Gasteiger partial charge in [0.25, 0.3) is 0 Å². The van der Waals surface area contributed by atoms with Gasteiger partial charge in [-0.25, -0.2) is 0 Å². The third kappa shape index (κ3) is 6.20. The number of carbonyl (C=O) groups excluding carboxylic acids is 1. The summed E-state index contributed by atoms with van der Waals surface area (Å²) in [6, 6.07) is 8.18. The average Bonchev–Trinajstić information content (AvgIpc) is 2.43. The first-order chi connectivity index (χ1) is 9.44. The van der Waals surface area contributed by atoms with Crippen LogP contribution in [0.1, 0.15) is 44.2 Å². The SMILES string of the molecule is Cc1ccccc1CCC(=O)NCCCC(C)(C)CO. The molecular weight excluding hydrogens is 250 g/mol. The maximum Gasteiger partial charge on any atom is 0.220 e. The predicted molar refractivity (Wildman–Crippen MR) is 82.6 cm³/mol. The lowest BCUT2D eigenvalue weighted by atomic mass is 9.89. The Bertz CT molecular complexity index is 427. The van der Waals surface area contributed by atoms with Crippen molar-refractivity contribution < 1.29 is 9.90 Å². The molecule has 0 aliphatic heterocycles. The number of rotatable bonds is 8. The first-order valence-electron chi connectivity index (χ1n) is 7.37. The Morgan fingerprint density at radius 3 is 2.65 bits per heavy atom. The fourth-order valence-corrected chi connectivity index (χ4v) is 2.10. The maximum absolute atomic E-state index is 11.8. The molecule has 1 aromatic carbocycles. The topological polar surface area (TPSA) is 49.3 Å². The molecule has 112 valence electrons. The minimum absolute atomic E-state index is 0.0497. The summed E-state index contributed by atoms with van der Waals surface area (Å²) in [6.45, 7) is 7.02. The molecule has 0 fully saturated rings. The monoisotopic (exact) mass is 277 g/mol. The highest BCUT2D eigenvalue weighted by Gasteiger charge is 2.15. The third-order valence-corrected chi connectivity index (χ3v) is 3.66. The summed E-state index contributed by atoms with van der Waals surface area (Å²) >= 11 is 0. The Balaban J connectivity index is 2.20. The molecule has 0 aromatic heterocycles. The second kappa shape index (κ2) is 8.05. The summed E-state index contributed by atoms with van der Waals surface area (Å²) in [4.78, 5) is 11.8. The van der Waals surface area contributed by atoms with Crippen molar-refractivity contribution in [2.45, 2.75) is 46.5 Å². The molecule has 0 radical (unpaired) electrons. The lowest BCUT2D eigenvalue weighted by Crippen LogP contribution is -2.26. The van der Waals surface area contributed by atoms with E-state index in [1.165, 1.54) is 11.1 Å². The van der Waals surface area contributed by atoms with Crippen molar-refractivity contribution in [3.05, 3.63) is 35.4 Å². The van der Waals surface area contributed by atoms with Crippen LogP contribution in [-0.2, 0) is 11.2 Å². The van der Waals surface area contributed by atoms with E-state index in [-0.39, 0.29) is 17.9 Å². The van der Waals surface area contributed by atoms with Crippen molar-refractivity contribution in [2.24, 2.45) is 5.41 Å². The van der Waals surface area contributed by atoms with E-state index < -0.39 is 0 Å². The maximum atomic E-state index is 11.8. The second-order valence-electron chi connectivity index (χ2n) is 6.20. The molecule has 0 atom stereocenters. The molecule has 0 aliphatic carbocycles. The molecule has 3 nitrogen and oxygen atoms in total. The van der Waals surface area contributed by atoms with E-state index in [0.29, 0.717) is 13.0 Å². The summed E-state index contributed by atoms with van der Waals surface area (Å²) < 4.78 is 0.